The van der Waals surface area contributed by atoms with Gasteiger partial charge in [-0.05, 0) is 71.1 Å². The van der Waals surface area contributed by atoms with Gasteiger partial charge in [0.2, 0.25) is 0 Å². The third kappa shape index (κ3) is 8.21. The number of carboxylic acid groups (broad SMARTS) is 4. The van der Waals surface area contributed by atoms with Crippen molar-refractivity contribution in [1.82, 2.24) is 0 Å². The van der Waals surface area contributed by atoms with E-state index in [1.807, 2.05) is 36.4 Å². The van der Waals surface area contributed by atoms with E-state index in [1.54, 1.807) is 31.2 Å². The van der Waals surface area contributed by atoms with Crippen molar-refractivity contribution in [3.05, 3.63) is 94.0 Å². The number of imide groups is 1. The maximum absolute atomic E-state index is 11.7. The summed E-state index contributed by atoms with van der Waals surface area (Å²) in [6, 6.07) is 21.3. The molecule has 0 aromatic heterocycles. The Morgan fingerprint density at radius 3 is 2.02 bits per heavy atom. The Hall–Kier alpha value is -5.30. The lowest BCUT2D eigenvalue weighted by atomic mass is 9.98. The third-order valence-corrected chi connectivity index (χ3v) is 7.46. The van der Waals surface area contributed by atoms with Crippen LogP contribution in [-0.4, -0.2) is 70.9 Å². The van der Waals surface area contributed by atoms with E-state index in [0.29, 0.717) is 12.0 Å². The second kappa shape index (κ2) is 14.4. The molecule has 4 N–H and O–H groups in total. The highest BCUT2D eigenvalue weighted by atomic mass is 79.9. The molecule has 2 amide bonds. The molecule has 0 heterocycles. The number of hydrogen-bond donors (Lipinski definition) is 4. The highest BCUT2D eigenvalue weighted by molar-refractivity contribution is 9.10. The number of halogens is 1. The molecular weight excluding hydrogens is 652 g/mol. The number of nitrogens with zero attached hydrogens (tertiary/aromatic N) is 2. The van der Waals surface area contributed by atoms with Gasteiger partial charge in [-0.25, -0.2) is 9.59 Å². The summed E-state index contributed by atoms with van der Waals surface area (Å²) in [5, 5.41) is 39.9. The number of aliphatic carboxylic acids is 2. The molecule has 0 atom stereocenters. The van der Waals surface area contributed by atoms with Crippen molar-refractivity contribution in [2.45, 2.75) is 13.3 Å². The molecule has 0 aliphatic rings. The van der Waals surface area contributed by atoms with Crippen LogP contribution in [-0.2, 0) is 16.0 Å². The molecule has 0 unspecified atom stereocenters. The minimum atomic E-state index is -1.70. The second-order valence-electron chi connectivity index (χ2n) is 9.94. The number of rotatable bonds is 13. The van der Waals surface area contributed by atoms with E-state index in [9.17, 15) is 39.6 Å². The predicted octanol–water partition coefficient (Wildman–Crippen LogP) is 6.10. The van der Waals surface area contributed by atoms with Crippen molar-refractivity contribution < 1.29 is 49.1 Å². The zero-order valence-corrected chi connectivity index (χ0v) is 25.6. The first-order chi connectivity index (χ1) is 21.4. The first kappa shape index (κ1) is 32.6. The van der Waals surface area contributed by atoms with Crippen LogP contribution in [0, 0.1) is 6.92 Å². The molecular formula is C32H29BrN2O10. The summed E-state index contributed by atoms with van der Waals surface area (Å²) in [6.07, 6.45) is -2.96. The molecule has 4 rings (SSSR count). The van der Waals surface area contributed by atoms with E-state index in [-0.39, 0.29) is 41.0 Å². The Kier molecular flexibility index (Phi) is 10.5. The van der Waals surface area contributed by atoms with E-state index in [2.05, 4.69) is 15.9 Å². The van der Waals surface area contributed by atoms with Gasteiger partial charge in [0.05, 0.1) is 5.69 Å². The van der Waals surface area contributed by atoms with Crippen molar-refractivity contribution in [3.63, 3.8) is 0 Å². The Bertz CT molecular complexity index is 1730. The molecule has 45 heavy (non-hydrogen) atoms. The Balaban J connectivity index is 1.62. The molecule has 0 fully saturated rings. The molecule has 4 aromatic carbocycles. The van der Waals surface area contributed by atoms with Crippen LogP contribution in [0.4, 0.5) is 21.0 Å². The average molecular weight is 681 g/mol. The predicted molar refractivity (Wildman–Crippen MR) is 169 cm³/mol. The number of hydrogen-bond acceptors (Lipinski definition) is 7. The number of ether oxygens (including phenoxy) is 2. The van der Waals surface area contributed by atoms with Crippen molar-refractivity contribution >= 4 is 62.2 Å². The summed E-state index contributed by atoms with van der Waals surface area (Å²) in [6.45, 7) is 0.248. The second-order valence-corrected chi connectivity index (χ2v) is 10.8. The Labute approximate surface area is 265 Å². The minimum Gasteiger partial charge on any atom is -0.488 e. The summed E-state index contributed by atoms with van der Waals surface area (Å²) in [5.74, 6) is -2.27. The van der Waals surface area contributed by atoms with Crippen LogP contribution < -0.4 is 19.3 Å². The van der Waals surface area contributed by atoms with Gasteiger partial charge in [-0.2, -0.15) is 4.90 Å². The van der Waals surface area contributed by atoms with Crippen LogP contribution in [0.25, 0.3) is 10.8 Å². The molecule has 13 heteroatoms. The van der Waals surface area contributed by atoms with Crippen molar-refractivity contribution in [3.8, 4) is 11.5 Å². The lowest BCUT2D eigenvalue weighted by molar-refractivity contribution is -0.136. The fourth-order valence-electron chi connectivity index (χ4n) is 4.80. The molecule has 0 saturated carbocycles. The summed E-state index contributed by atoms with van der Waals surface area (Å²) in [7, 11) is 0. The lowest BCUT2D eigenvalue weighted by Gasteiger charge is -2.25. The standard InChI is InChI=1S/C32H29BrN2O10/c1-19-6-10-25(35(31(40)41)32(42)43)28(14-19)45-13-12-44-27-11-7-20(16-26(27)34(17-29(36)37)18-30(38)39)15-23-22-5-3-2-4-21(22)8-9-24(23)33/h2-11,14,16H,12-13,15,17-18H2,1H3,(H,36,37)(H,38,39)(H,40,41)(H,42,43). The first-order valence-electron chi connectivity index (χ1n) is 13.5. The van der Waals surface area contributed by atoms with Gasteiger partial charge in [0, 0.05) is 4.47 Å². The fraction of sp³-hybridized carbons (Fsp3) is 0.188. The average Bonchev–Trinajstić information content (AvgIpc) is 2.97. The minimum absolute atomic E-state index is 0.00184. The number of benzene rings is 4. The molecule has 0 spiro atoms. The van der Waals surface area contributed by atoms with Crippen molar-refractivity contribution in [1.29, 1.82) is 0 Å². The Morgan fingerprint density at radius 2 is 1.38 bits per heavy atom. The number of carboxylic acids is 2. The van der Waals surface area contributed by atoms with Gasteiger partial charge in [-0.15, -0.1) is 0 Å². The lowest BCUT2D eigenvalue weighted by Crippen LogP contribution is -2.35. The molecule has 4 aromatic rings. The van der Waals surface area contributed by atoms with Gasteiger partial charge in [0.1, 0.15) is 43.5 Å². The van der Waals surface area contributed by atoms with Gasteiger partial charge in [0.25, 0.3) is 0 Å². The smallest absolute Gasteiger partial charge is 0.421 e. The quantitative estimate of drug-likeness (QED) is 0.120. The monoisotopic (exact) mass is 680 g/mol. The third-order valence-electron chi connectivity index (χ3n) is 6.72. The Morgan fingerprint density at radius 1 is 0.733 bits per heavy atom. The molecule has 0 bridgehead atoms. The number of carbonyl (C=O) groups is 4. The number of fused-ring (bicyclic) bond motifs is 1. The number of amides is 2. The van der Waals surface area contributed by atoms with Gasteiger partial charge < -0.3 is 34.8 Å². The fourth-order valence-corrected chi connectivity index (χ4v) is 5.29. The maximum atomic E-state index is 11.7. The summed E-state index contributed by atoms with van der Waals surface area (Å²) < 4.78 is 12.5. The summed E-state index contributed by atoms with van der Waals surface area (Å²) in [4.78, 5) is 47.8. The van der Waals surface area contributed by atoms with E-state index in [1.165, 1.54) is 17.0 Å². The normalized spacial score (nSPS) is 10.7. The van der Waals surface area contributed by atoms with Crippen LogP contribution in [0.5, 0.6) is 11.5 Å². The van der Waals surface area contributed by atoms with E-state index < -0.39 is 37.2 Å². The zero-order chi connectivity index (χ0) is 32.7. The number of anilines is 2. The van der Waals surface area contributed by atoms with Crippen molar-refractivity contribution in [2.24, 2.45) is 0 Å². The molecule has 0 aliphatic heterocycles. The van der Waals surface area contributed by atoms with Crippen LogP contribution >= 0.6 is 15.9 Å². The van der Waals surface area contributed by atoms with Gasteiger partial charge in [-0.1, -0.05) is 58.4 Å². The van der Waals surface area contributed by atoms with Crippen LogP contribution in [0.1, 0.15) is 16.7 Å². The van der Waals surface area contributed by atoms with E-state index in [4.69, 9.17) is 9.47 Å². The first-order valence-corrected chi connectivity index (χ1v) is 14.3. The van der Waals surface area contributed by atoms with Crippen LogP contribution in [0.2, 0.25) is 0 Å². The summed E-state index contributed by atoms with van der Waals surface area (Å²) >= 11 is 3.63. The van der Waals surface area contributed by atoms with Gasteiger partial charge in [0.15, 0.2) is 0 Å². The van der Waals surface area contributed by atoms with E-state index in [0.717, 1.165) is 26.4 Å². The maximum Gasteiger partial charge on any atom is 0.421 e. The molecule has 0 radical (unpaired) electrons. The number of aryl methyl sites for hydroxylation is 1. The highest BCUT2D eigenvalue weighted by Gasteiger charge is 2.26. The summed E-state index contributed by atoms with van der Waals surface area (Å²) in [5.41, 5.74) is 2.51. The largest absolute Gasteiger partial charge is 0.488 e. The van der Waals surface area contributed by atoms with E-state index >= 15 is 0 Å². The van der Waals surface area contributed by atoms with Gasteiger partial charge in [-0.3, -0.25) is 9.59 Å². The van der Waals surface area contributed by atoms with Crippen molar-refractivity contribution in [2.75, 3.05) is 36.1 Å². The van der Waals surface area contributed by atoms with Gasteiger partial charge >= 0.3 is 24.1 Å². The molecule has 234 valence electrons. The molecule has 0 saturated heterocycles. The highest BCUT2D eigenvalue weighted by Crippen LogP contribution is 2.34. The molecule has 0 aliphatic carbocycles. The van der Waals surface area contributed by atoms with Crippen LogP contribution in [0.3, 0.4) is 0 Å². The SMILES string of the molecule is Cc1ccc(N(C(=O)O)C(=O)O)c(OCCOc2ccc(Cc3c(Br)ccc4ccccc34)cc2N(CC(=O)O)CC(=O)O)c1. The zero-order valence-electron chi connectivity index (χ0n) is 24.0. The molecule has 12 nitrogen and oxygen atoms in total. The van der Waals surface area contributed by atoms with Crippen LogP contribution in [0.15, 0.2) is 77.3 Å². The topological polar surface area (TPSA) is 174 Å².